The molecule has 6 nitrogen and oxygen atoms in total. The Morgan fingerprint density at radius 1 is 1.26 bits per heavy atom. The first-order chi connectivity index (χ1) is 11.3. The molecule has 1 fully saturated rings. The number of hydroxylamine groups is 1. The zero-order valence-corrected chi connectivity index (χ0v) is 13.0. The number of nitrogens with one attached hydrogen (secondary N) is 1. The van der Waals surface area contributed by atoms with Crippen molar-refractivity contribution in [2.45, 2.75) is 31.7 Å². The highest BCUT2D eigenvalue weighted by Crippen LogP contribution is 2.32. The number of likely N-dealkylation sites (tertiary alicyclic amines) is 1. The van der Waals surface area contributed by atoms with Crippen LogP contribution in [0.25, 0.3) is 0 Å². The molecule has 0 aliphatic carbocycles. The van der Waals surface area contributed by atoms with Crippen LogP contribution in [0.5, 0.6) is 11.5 Å². The molecular weight excluding hydrogens is 296 g/mol. The van der Waals surface area contributed by atoms with Crippen LogP contribution in [0.4, 0.5) is 0 Å². The molecule has 0 saturated carbocycles. The number of hydrogen-bond acceptors (Lipinski definition) is 5. The number of carbonyl (C=O) groups is 1. The van der Waals surface area contributed by atoms with Gasteiger partial charge >= 0.3 is 0 Å². The van der Waals surface area contributed by atoms with Crippen LogP contribution in [-0.4, -0.2) is 41.9 Å². The van der Waals surface area contributed by atoms with E-state index in [0.29, 0.717) is 6.42 Å². The third-order valence-electron chi connectivity index (χ3n) is 4.19. The second kappa shape index (κ2) is 7.48. The summed E-state index contributed by atoms with van der Waals surface area (Å²) >= 11 is 0. The van der Waals surface area contributed by atoms with Gasteiger partial charge in [0.15, 0.2) is 11.5 Å². The van der Waals surface area contributed by atoms with Gasteiger partial charge in [0, 0.05) is 13.1 Å². The van der Waals surface area contributed by atoms with Gasteiger partial charge in [-0.05, 0) is 43.4 Å². The van der Waals surface area contributed by atoms with Crippen LogP contribution in [0, 0.1) is 0 Å². The van der Waals surface area contributed by atoms with E-state index in [4.69, 9.17) is 9.47 Å². The Morgan fingerprint density at radius 2 is 2.04 bits per heavy atom. The predicted octanol–water partition coefficient (Wildman–Crippen LogP) is 1.87. The van der Waals surface area contributed by atoms with Gasteiger partial charge in [0.05, 0.1) is 0 Å². The highest BCUT2D eigenvalue weighted by atomic mass is 16.7. The number of hydrogen-bond donors (Lipinski definition) is 2. The molecule has 1 aromatic carbocycles. The smallest absolute Gasteiger partial charge is 0.245 e. The van der Waals surface area contributed by atoms with Gasteiger partial charge in [-0.2, -0.15) is 5.48 Å². The maximum Gasteiger partial charge on any atom is 0.245 e. The molecule has 2 heterocycles. The molecular formula is C17H22N2O4. The second-order valence-electron chi connectivity index (χ2n) is 5.81. The van der Waals surface area contributed by atoms with Crippen LogP contribution >= 0.6 is 0 Å². The van der Waals surface area contributed by atoms with E-state index in [9.17, 15) is 10.0 Å². The first kappa shape index (κ1) is 15.8. The number of allylic oxidation sites excluding steroid dienone is 1. The molecule has 124 valence electrons. The van der Waals surface area contributed by atoms with E-state index in [0.717, 1.165) is 43.0 Å². The van der Waals surface area contributed by atoms with Crippen molar-refractivity contribution in [3.63, 3.8) is 0 Å². The van der Waals surface area contributed by atoms with Gasteiger partial charge in [-0.1, -0.05) is 18.2 Å². The monoisotopic (exact) mass is 318 g/mol. The normalized spacial score (nSPS) is 18.4. The lowest BCUT2D eigenvalue weighted by atomic mass is 10.1. The number of fused-ring (bicyclic) bond motifs is 1. The van der Waals surface area contributed by atoms with E-state index in [2.05, 4.69) is 5.48 Å². The lowest BCUT2D eigenvalue weighted by Crippen LogP contribution is -2.46. The highest BCUT2D eigenvalue weighted by molar-refractivity contribution is 5.83. The summed E-state index contributed by atoms with van der Waals surface area (Å²) in [7, 11) is 0. The van der Waals surface area contributed by atoms with E-state index in [-0.39, 0.29) is 12.7 Å². The number of ether oxygens (including phenoxy) is 2. The summed E-state index contributed by atoms with van der Waals surface area (Å²) in [5, 5.41) is 9.27. The fourth-order valence-corrected chi connectivity index (χ4v) is 2.90. The van der Waals surface area contributed by atoms with Gasteiger partial charge in [-0.25, -0.2) is 0 Å². The summed E-state index contributed by atoms with van der Waals surface area (Å²) in [6, 6.07) is 5.08. The van der Waals surface area contributed by atoms with Crippen molar-refractivity contribution >= 4 is 5.91 Å². The molecule has 1 aromatic rings. The SMILES string of the molecule is O=C(C(/C=C\Cc1ccc2c(c1)OCO2)NO)N1CCCCC1. The van der Waals surface area contributed by atoms with Gasteiger partial charge in [0.2, 0.25) is 12.7 Å². The molecule has 3 rings (SSSR count). The van der Waals surface area contributed by atoms with Crippen molar-refractivity contribution in [3.8, 4) is 11.5 Å². The molecule has 0 aromatic heterocycles. The number of carbonyl (C=O) groups excluding carboxylic acids is 1. The largest absolute Gasteiger partial charge is 0.454 e. The Hall–Kier alpha value is -2.05. The highest BCUT2D eigenvalue weighted by Gasteiger charge is 2.22. The Kier molecular flexibility index (Phi) is 5.15. The summed E-state index contributed by atoms with van der Waals surface area (Å²) in [4.78, 5) is 14.1. The molecule has 0 spiro atoms. The van der Waals surface area contributed by atoms with Crippen molar-refractivity contribution in [1.82, 2.24) is 10.4 Å². The maximum atomic E-state index is 12.3. The molecule has 23 heavy (non-hydrogen) atoms. The van der Waals surface area contributed by atoms with Crippen molar-refractivity contribution in [1.29, 1.82) is 0 Å². The Labute approximate surface area is 135 Å². The fourth-order valence-electron chi connectivity index (χ4n) is 2.90. The molecule has 0 bridgehead atoms. The summed E-state index contributed by atoms with van der Waals surface area (Å²) in [5.74, 6) is 1.43. The first-order valence-corrected chi connectivity index (χ1v) is 8.01. The minimum Gasteiger partial charge on any atom is -0.454 e. The molecule has 0 radical (unpaired) electrons. The quantitative estimate of drug-likeness (QED) is 0.641. The van der Waals surface area contributed by atoms with E-state index in [1.807, 2.05) is 29.2 Å². The van der Waals surface area contributed by atoms with Crippen molar-refractivity contribution in [2.75, 3.05) is 19.9 Å². The standard InChI is InChI=1S/C17H22N2O4/c20-17(19-9-2-1-3-10-19)14(18-21)6-4-5-13-7-8-15-16(11-13)23-12-22-15/h4,6-8,11,14,18,21H,1-3,5,9-10,12H2/b6-4-. The molecule has 1 unspecified atom stereocenters. The first-order valence-electron chi connectivity index (χ1n) is 8.01. The maximum absolute atomic E-state index is 12.3. The lowest BCUT2D eigenvalue weighted by Gasteiger charge is -2.28. The van der Waals surface area contributed by atoms with Crippen molar-refractivity contribution in [3.05, 3.63) is 35.9 Å². The number of benzene rings is 1. The van der Waals surface area contributed by atoms with E-state index in [1.165, 1.54) is 6.42 Å². The zero-order chi connectivity index (χ0) is 16.1. The summed E-state index contributed by atoms with van der Waals surface area (Å²) in [5.41, 5.74) is 3.17. The van der Waals surface area contributed by atoms with Crippen LogP contribution in [0.3, 0.4) is 0 Å². The van der Waals surface area contributed by atoms with Crippen LogP contribution in [0.15, 0.2) is 30.4 Å². The topological polar surface area (TPSA) is 71.0 Å². The predicted molar refractivity (Wildman–Crippen MR) is 84.6 cm³/mol. The molecule has 2 aliphatic rings. The summed E-state index contributed by atoms with van der Waals surface area (Å²) in [6.45, 7) is 1.80. The van der Waals surface area contributed by atoms with Crippen molar-refractivity contribution in [2.24, 2.45) is 0 Å². The third-order valence-corrected chi connectivity index (χ3v) is 4.19. The van der Waals surface area contributed by atoms with Crippen LogP contribution in [0.2, 0.25) is 0 Å². The molecule has 2 aliphatic heterocycles. The van der Waals surface area contributed by atoms with Crippen LogP contribution < -0.4 is 15.0 Å². The minimum atomic E-state index is -0.692. The average molecular weight is 318 g/mol. The fraction of sp³-hybridized carbons (Fsp3) is 0.471. The number of rotatable bonds is 5. The van der Waals surface area contributed by atoms with Gasteiger partial charge < -0.3 is 19.6 Å². The minimum absolute atomic E-state index is 0.0749. The Balaban J connectivity index is 1.57. The molecule has 6 heteroatoms. The van der Waals surface area contributed by atoms with Crippen molar-refractivity contribution < 1.29 is 19.5 Å². The molecule has 1 saturated heterocycles. The number of amides is 1. The number of nitrogens with zero attached hydrogens (tertiary/aromatic N) is 1. The van der Waals surface area contributed by atoms with Crippen LogP contribution in [0.1, 0.15) is 24.8 Å². The molecule has 1 amide bonds. The van der Waals surface area contributed by atoms with Crippen LogP contribution in [-0.2, 0) is 11.2 Å². The second-order valence-corrected chi connectivity index (χ2v) is 5.81. The Bertz CT molecular complexity index is 582. The van der Waals surface area contributed by atoms with Gasteiger partial charge in [0.25, 0.3) is 0 Å². The summed E-state index contributed by atoms with van der Waals surface area (Å²) in [6.07, 6.45) is 7.48. The molecule has 1 atom stereocenters. The average Bonchev–Trinajstić information content (AvgIpc) is 3.07. The van der Waals surface area contributed by atoms with E-state index < -0.39 is 6.04 Å². The van der Waals surface area contributed by atoms with E-state index >= 15 is 0 Å². The summed E-state index contributed by atoms with van der Waals surface area (Å²) < 4.78 is 10.6. The zero-order valence-electron chi connectivity index (χ0n) is 13.0. The van der Waals surface area contributed by atoms with Gasteiger partial charge in [0.1, 0.15) is 6.04 Å². The van der Waals surface area contributed by atoms with Gasteiger partial charge in [-0.3, -0.25) is 4.79 Å². The Morgan fingerprint density at radius 3 is 2.83 bits per heavy atom. The third kappa shape index (κ3) is 3.83. The lowest BCUT2D eigenvalue weighted by molar-refractivity contribution is -0.135. The number of piperidine rings is 1. The molecule has 2 N–H and O–H groups in total. The van der Waals surface area contributed by atoms with Gasteiger partial charge in [-0.15, -0.1) is 0 Å². The van der Waals surface area contributed by atoms with E-state index in [1.54, 1.807) is 6.08 Å².